The third-order valence-electron chi connectivity index (χ3n) is 2.64. The number of carbonyl (C=O) groups is 2. The van der Waals surface area contributed by atoms with Crippen LogP contribution in [0.3, 0.4) is 0 Å². The van der Waals surface area contributed by atoms with Crippen LogP contribution in [0.4, 0.5) is 0 Å². The van der Waals surface area contributed by atoms with Gasteiger partial charge < -0.3 is 10.0 Å². The summed E-state index contributed by atoms with van der Waals surface area (Å²) in [5.41, 5.74) is 0. The van der Waals surface area contributed by atoms with Gasteiger partial charge >= 0.3 is 5.97 Å². The first-order valence-corrected chi connectivity index (χ1v) is 6.65. The predicted molar refractivity (Wildman–Crippen MR) is 64.5 cm³/mol. The number of hydrogen-bond acceptors (Lipinski definition) is 3. The van der Waals surface area contributed by atoms with Crippen LogP contribution in [0.15, 0.2) is 0 Å². The Morgan fingerprint density at radius 1 is 1.50 bits per heavy atom. The minimum Gasteiger partial charge on any atom is -0.481 e. The van der Waals surface area contributed by atoms with E-state index in [0.717, 1.165) is 13.0 Å². The van der Waals surface area contributed by atoms with E-state index in [-0.39, 0.29) is 18.2 Å². The van der Waals surface area contributed by atoms with Gasteiger partial charge in [0.05, 0.1) is 5.75 Å². The second-order valence-electron chi connectivity index (χ2n) is 4.45. The van der Waals surface area contributed by atoms with Crippen molar-refractivity contribution in [1.82, 2.24) is 4.90 Å². The zero-order chi connectivity index (χ0) is 12.1. The molecule has 1 aliphatic heterocycles. The number of carboxylic acids is 1. The lowest BCUT2D eigenvalue weighted by atomic mass is 10.1. The van der Waals surface area contributed by atoms with E-state index >= 15 is 0 Å². The van der Waals surface area contributed by atoms with E-state index in [1.54, 1.807) is 16.7 Å². The Bertz CT molecular complexity index is 268. The summed E-state index contributed by atoms with van der Waals surface area (Å²) in [7, 11) is 0. The second-order valence-corrected chi connectivity index (χ2v) is 6.02. The molecule has 1 heterocycles. The number of carboxylic acid groups (broad SMARTS) is 1. The lowest BCUT2D eigenvalue weighted by molar-refractivity contribution is -0.138. The van der Waals surface area contributed by atoms with Gasteiger partial charge in [-0.25, -0.2) is 0 Å². The summed E-state index contributed by atoms with van der Waals surface area (Å²) in [5.74, 6) is 0.0326. The molecule has 0 bridgehead atoms. The normalized spacial score (nSPS) is 20.4. The lowest BCUT2D eigenvalue weighted by Gasteiger charge is -2.16. The van der Waals surface area contributed by atoms with E-state index in [0.29, 0.717) is 17.5 Å². The molecule has 0 aliphatic carbocycles. The van der Waals surface area contributed by atoms with Crippen LogP contribution in [-0.4, -0.2) is 46.0 Å². The maximum Gasteiger partial charge on any atom is 0.303 e. The monoisotopic (exact) mass is 245 g/mol. The molecular weight excluding hydrogens is 226 g/mol. The Kier molecular flexibility index (Phi) is 5.12. The number of thioether (sulfide) groups is 1. The molecule has 16 heavy (non-hydrogen) atoms. The summed E-state index contributed by atoms with van der Waals surface area (Å²) in [4.78, 5) is 24.1. The van der Waals surface area contributed by atoms with E-state index in [9.17, 15) is 9.59 Å². The van der Waals surface area contributed by atoms with Gasteiger partial charge in [-0.15, -0.1) is 11.8 Å². The van der Waals surface area contributed by atoms with Crippen molar-refractivity contribution in [3.8, 4) is 0 Å². The summed E-state index contributed by atoms with van der Waals surface area (Å²) in [6.45, 7) is 5.46. The Morgan fingerprint density at radius 2 is 2.19 bits per heavy atom. The fourth-order valence-corrected chi connectivity index (χ4v) is 2.46. The minimum absolute atomic E-state index is 0.144. The van der Waals surface area contributed by atoms with Crippen LogP contribution in [0.25, 0.3) is 0 Å². The minimum atomic E-state index is -0.768. The molecule has 92 valence electrons. The standard InChI is InChI=1S/C11H19NO3S/c1-8(2)16-7-10(13)12-4-3-9(6-12)5-11(14)15/h8-9H,3-7H2,1-2H3,(H,14,15). The average molecular weight is 245 g/mol. The number of rotatable bonds is 5. The zero-order valence-corrected chi connectivity index (χ0v) is 10.6. The molecule has 1 fully saturated rings. The number of carbonyl (C=O) groups excluding carboxylic acids is 1. The maximum absolute atomic E-state index is 11.7. The molecule has 0 spiro atoms. The van der Waals surface area contributed by atoms with Gasteiger partial charge in [0.25, 0.3) is 0 Å². The summed E-state index contributed by atoms with van der Waals surface area (Å²) < 4.78 is 0. The van der Waals surface area contributed by atoms with E-state index in [1.165, 1.54) is 0 Å². The summed E-state index contributed by atoms with van der Waals surface area (Å²) >= 11 is 1.63. The molecule has 1 amide bonds. The van der Waals surface area contributed by atoms with Crippen LogP contribution in [0.1, 0.15) is 26.7 Å². The van der Waals surface area contributed by atoms with Crippen molar-refractivity contribution >= 4 is 23.6 Å². The molecule has 1 N–H and O–H groups in total. The summed E-state index contributed by atoms with van der Waals surface area (Å²) in [5, 5.41) is 9.13. The highest BCUT2D eigenvalue weighted by Crippen LogP contribution is 2.21. The molecule has 0 radical (unpaired) electrons. The van der Waals surface area contributed by atoms with Crippen LogP contribution >= 0.6 is 11.8 Å². The van der Waals surface area contributed by atoms with E-state index < -0.39 is 5.97 Å². The van der Waals surface area contributed by atoms with Crippen LogP contribution in [0.5, 0.6) is 0 Å². The molecule has 0 aromatic carbocycles. The van der Waals surface area contributed by atoms with Gasteiger partial charge in [-0.05, 0) is 17.6 Å². The van der Waals surface area contributed by atoms with E-state index in [1.807, 2.05) is 0 Å². The Hall–Kier alpha value is -0.710. The van der Waals surface area contributed by atoms with Gasteiger partial charge in [0.2, 0.25) is 5.91 Å². The lowest BCUT2D eigenvalue weighted by Crippen LogP contribution is -2.30. The van der Waals surface area contributed by atoms with Gasteiger partial charge in [-0.2, -0.15) is 0 Å². The van der Waals surface area contributed by atoms with Crippen molar-refractivity contribution in [2.75, 3.05) is 18.8 Å². The SMILES string of the molecule is CC(C)SCC(=O)N1CCC(CC(=O)O)C1. The molecule has 0 aromatic rings. The molecule has 1 unspecified atom stereocenters. The summed E-state index contributed by atoms with van der Waals surface area (Å²) in [6, 6.07) is 0. The first-order valence-electron chi connectivity index (χ1n) is 5.60. The van der Waals surface area contributed by atoms with Crippen molar-refractivity contribution in [1.29, 1.82) is 0 Å². The molecule has 0 saturated carbocycles. The smallest absolute Gasteiger partial charge is 0.303 e. The average Bonchev–Trinajstić information content (AvgIpc) is 2.61. The number of nitrogens with zero attached hydrogens (tertiary/aromatic N) is 1. The molecular formula is C11H19NO3S. The van der Waals surface area contributed by atoms with Gasteiger partial charge in [-0.1, -0.05) is 13.8 Å². The van der Waals surface area contributed by atoms with Crippen molar-refractivity contribution in [2.45, 2.75) is 31.9 Å². The third-order valence-corrected chi connectivity index (χ3v) is 3.72. The first kappa shape index (κ1) is 13.4. The fraction of sp³-hybridized carbons (Fsp3) is 0.818. The number of likely N-dealkylation sites (tertiary alicyclic amines) is 1. The van der Waals surface area contributed by atoms with Crippen molar-refractivity contribution in [2.24, 2.45) is 5.92 Å². The maximum atomic E-state index is 11.7. The van der Waals surface area contributed by atoms with E-state index in [2.05, 4.69) is 13.8 Å². The highest BCUT2D eigenvalue weighted by Gasteiger charge is 2.27. The Labute approximate surface area is 100 Å². The molecule has 4 nitrogen and oxygen atoms in total. The van der Waals surface area contributed by atoms with Gasteiger partial charge in [0.15, 0.2) is 0 Å². The highest BCUT2D eigenvalue weighted by molar-refractivity contribution is 8.00. The fourth-order valence-electron chi connectivity index (χ4n) is 1.80. The van der Waals surface area contributed by atoms with Gasteiger partial charge in [-0.3, -0.25) is 9.59 Å². The van der Waals surface area contributed by atoms with E-state index in [4.69, 9.17) is 5.11 Å². The largest absolute Gasteiger partial charge is 0.481 e. The molecule has 1 atom stereocenters. The quantitative estimate of drug-likeness (QED) is 0.796. The van der Waals surface area contributed by atoms with Crippen molar-refractivity contribution < 1.29 is 14.7 Å². The third kappa shape index (κ3) is 4.43. The predicted octanol–water partition coefficient (Wildman–Crippen LogP) is 1.45. The second kappa shape index (κ2) is 6.13. The van der Waals surface area contributed by atoms with Gasteiger partial charge in [0.1, 0.15) is 0 Å². The Morgan fingerprint density at radius 3 is 2.75 bits per heavy atom. The van der Waals surface area contributed by atoms with Crippen molar-refractivity contribution in [3.63, 3.8) is 0 Å². The Balaban J connectivity index is 2.29. The highest BCUT2D eigenvalue weighted by atomic mass is 32.2. The molecule has 5 heteroatoms. The zero-order valence-electron chi connectivity index (χ0n) is 9.81. The topological polar surface area (TPSA) is 57.6 Å². The number of amides is 1. The molecule has 1 saturated heterocycles. The number of aliphatic carboxylic acids is 1. The first-order chi connectivity index (χ1) is 7.49. The summed E-state index contributed by atoms with van der Waals surface area (Å²) in [6.07, 6.45) is 1.01. The number of hydrogen-bond donors (Lipinski definition) is 1. The van der Waals surface area contributed by atoms with Gasteiger partial charge in [0, 0.05) is 19.5 Å². The van der Waals surface area contributed by atoms with Crippen LogP contribution in [-0.2, 0) is 9.59 Å². The van der Waals surface area contributed by atoms with Crippen LogP contribution < -0.4 is 0 Å². The van der Waals surface area contributed by atoms with Crippen LogP contribution in [0.2, 0.25) is 0 Å². The van der Waals surface area contributed by atoms with Crippen LogP contribution in [0, 0.1) is 5.92 Å². The molecule has 1 rings (SSSR count). The van der Waals surface area contributed by atoms with Crippen molar-refractivity contribution in [3.05, 3.63) is 0 Å². The molecule has 1 aliphatic rings. The molecule has 0 aromatic heterocycles.